The molecule has 0 aliphatic heterocycles. The Hall–Kier alpha value is -0.900. The van der Waals surface area contributed by atoms with Crippen LogP contribution in [0.4, 0.5) is 0 Å². The summed E-state index contributed by atoms with van der Waals surface area (Å²) in [6.07, 6.45) is 1.07. The van der Waals surface area contributed by atoms with Gasteiger partial charge in [0, 0.05) is 6.54 Å². The third kappa shape index (κ3) is 4.03. The highest BCUT2D eigenvalue weighted by molar-refractivity contribution is 5.14. The number of hydrogen-bond donors (Lipinski definition) is 2. The van der Waals surface area contributed by atoms with Crippen LogP contribution in [0.2, 0.25) is 0 Å². The number of nitrogens with two attached hydrogens (primary N) is 1. The number of hydrazine groups is 1. The van der Waals surface area contributed by atoms with Gasteiger partial charge in [-0.25, -0.2) is 5.43 Å². The number of nitrogens with one attached hydrogen (secondary N) is 1. The zero-order chi connectivity index (χ0) is 9.52. The Bertz CT molecular complexity index is 223. The number of hydrogen-bond acceptors (Lipinski definition) is 3. The van der Waals surface area contributed by atoms with Gasteiger partial charge in [-0.15, -0.1) is 0 Å². The molecule has 3 N–H and O–H groups in total. The second-order valence-electron chi connectivity index (χ2n) is 3.18. The fourth-order valence-electron chi connectivity index (χ4n) is 1.20. The van der Waals surface area contributed by atoms with E-state index in [1.165, 1.54) is 5.56 Å². The second-order valence-corrected chi connectivity index (χ2v) is 3.18. The van der Waals surface area contributed by atoms with Crippen LogP contribution >= 0.6 is 0 Å². The van der Waals surface area contributed by atoms with Crippen molar-refractivity contribution in [1.29, 1.82) is 0 Å². The molecule has 0 saturated heterocycles. The first-order valence-corrected chi connectivity index (χ1v) is 4.49. The first-order chi connectivity index (χ1) is 6.33. The van der Waals surface area contributed by atoms with Crippen LogP contribution in [-0.2, 0) is 6.42 Å². The molecule has 0 radical (unpaired) electrons. The molecule has 0 amide bonds. The minimum Gasteiger partial charge on any atom is -0.292 e. The summed E-state index contributed by atoms with van der Waals surface area (Å²) >= 11 is 0. The minimum atomic E-state index is 0.729. The van der Waals surface area contributed by atoms with E-state index in [0.29, 0.717) is 0 Å². The number of nitrogens with zero attached hydrogens (tertiary/aromatic N) is 1. The zero-order valence-corrected chi connectivity index (χ0v) is 8.03. The lowest BCUT2D eigenvalue weighted by Gasteiger charge is -2.15. The fraction of sp³-hybridized carbons (Fsp3) is 0.400. The van der Waals surface area contributed by atoms with E-state index in [9.17, 15) is 0 Å². The molecular formula is C10H17N3. The molecule has 0 aliphatic rings. The molecule has 0 fully saturated rings. The Balaban J connectivity index is 2.27. The summed E-state index contributed by atoms with van der Waals surface area (Å²) in [6.45, 7) is 1.75. The summed E-state index contributed by atoms with van der Waals surface area (Å²) in [5.41, 5.74) is 4.00. The largest absolute Gasteiger partial charge is 0.292 e. The molecule has 1 aromatic rings. The molecule has 0 heterocycles. The summed E-state index contributed by atoms with van der Waals surface area (Å²) in [4.78, 5) is 2.15. The van der Waals surface area contributed by atoms with E-state index in [1.807, 2.05) is 13.1 Å². The summed E-state index contributed by atoms with van der Waals surface area (Å²) in [5, 5.41) is 0. The van der Waals surface area contributed by atoms with Gasteiger partial charge in [0.25, 0.3) is 0 Å². The van der Waals surface area contributed by atoms with E-state index < -0.39 is 0 Å². The molecule has 1 aromatic carbocycles. The van der Waals surface area contributed by atoms with Gasteiger partial charge in [0.15, 0.2) is 0 Å². The lowest BCUT2D eigenvalue weighted by Crippen LogP contribution is -2.36. The van der Waals surface area contributed by atoms with E-state index >= 15 is 0 Å². The lowest BCUT2D eigenvalue weighted by molar-refractivity contribution is 0.313. The van der Waals surface area contributed by atoms with Gasteiger partial charge < -0.3 is 0 Å². The molecule has 0 unspecified atom stereocenters. The predicted octanol–water partition coefficient (Wildman–Crippen LogP) is 0.582. The molecule has 3 nitrogen and oxygen atoms in total. The van der Waals surface area contributed by atoms with Crippen LogP contribution in [0.5, 0.6) is 0 Å². The van der Waals surface area contributed by atoms with Crippen molar-refractivity contribution in [2.45, 2.75) is 6.42 Å². The third-order valence-corrected chi connectivity index (χ3v) is 1.99. The summed E-state index contributed by atoms with van der Waals surface area (Å²) in [5.74, 6) is 5.21. The van der Waals surface area contributed by atoms with Crippen molar-refractivity contribution in [3.8, 4) is 0 Å². The van der Waals surface area contributed by atoms with Crippen LogP contribution in [0, 0.1) is 0 Å². The zero-order valence-electron chi connectivity index (χ0n) is 8.03. The topological polar surface area (TPSA) is 41.3 Å². The maximum Gasteiger partial charge on any atom is 0.0610 e. The SMILES string of the molecule is CN(CCc1ccccc1)CNN. The maximum atomic E-state index is 5.21. The van der Waals surface area contributed by atoms with Crippen molar-refractivity contribution in [2.75, 3.05) is 20.3 Å². The first kappa shape index (κ1) is 10.2. The van der Waals surface area contributed by atoms with E-state index in [1.54, 1.807) is 0 Å². The normalized spacial score (nSPS) is 10.7. The van der Waals surface area contributed by atoms with E-state index in [2.05, 4.69) is 34.6 Å². The molecule has 1 rings (SSSR count). The molecule has 0 aliphatic carbocycles. The first-order valence-electron chi connectivity index (χ1n) is 4.49. The van der Waals surface area contributed by atoms with Crippen LogP contribution in [0.3, 0.4) is 0 Å². The van der Waals surface area contributed by atoms with Gasteiger partial charge in [0.05, 0.1) is 6.67 Å². The summed E-state index contributed by atoms with van der Waals surface area (Å²) in [7, 11) is 2.04. The van der Waals surface area contributed by atoms with Crippen LogP contribution in [0.15, 0.2) is 30.3 Å². The van der Waals surface area contributed by atoms with E-state index in [0.717, 1.165) is 19.6 Å². The fourth-order valence-corrected chi connectivity index (χ4v) is 1.20. The molecule has 0 spiro atoms. The third-order valence-electron chi connectivity index (χ3n) is 1.99. The van der Waals surface area contributed by atoms with Gasteiger partial charge in [0.2, 0.25) is 0 Å². The second kappa shape index (κ2) is 5.70. The van der Waals surface area contributed by atoms with E-state index in [4.69, 9.17) is 5.84 Å². The minimum absolute atomic E-state index is 0.729. The highest BCUT2D eigenvalue weighted by Gasteiger charge is 1.96. The maximum absolute atomic E-state index is 5.21. The Morgan fingerprint density at radius 2 is 2.00 bits per heavy atom. The van der Waals surface area contributed by atoms with Crippen LogP contribution in [0.1, 0.15) is 5.56 Å². The van der Waals surface area contributed by atoms with E-state index in [-0.39, 0.29) is 0 Å². The molecule has 13 heavy (non-hydrogen) atoms. The average molecular weight is 179 g/mol. The predicted molar refractivity (Wildman–Crippen MR) is 55.0 cm³/mol. The van der Waals surface area contributed by atoms with Crippen molar-refractivity contribution in [2.24, 2.45) is 5.84 Å². The average Bonchev–Trinajstić information content (AvgIpc) is 2.17. The summed E-state index contributed by atoms with van der Waals surface area (Å²) < 4.78 is 0. The molecule has 0 aromatic heterocycles. The van der Waals surface area contributed by atoms with Gasteiger partial charge in [-0.3, -0.25) is 10.7 Å². The Morgan fingerprint density at radius 3 is 2.62 bits per heavy atom. The smallest absolute Gasteiger partial charge is 0.0610 e. The lowest BCUT2D eigenvalue weighted by atomic mass is 10.1. The van der Waals surface area contributed by atoms with Crippen LogP contribution in [-0.4, -0.2) is 25.2 Å². The number of benzene rings is 1. The highest BCUT2D eigenvalue weighted by Crippen LogP contribution is 1.99. The number of likely N-dealkylation sites (N-methyl/N-ethyl adjacent to an activating group) is 1. The van der Waals surface area contributed by atoms with Gasteiger partial charge >= 0.3 is 0 Å². The monoisotopic (exact) mass is 179 g/mol. The van der Waals surface area contributed by atoms with Crippen molar-refractivity contribution in [3.05, 3.63) is 35.9 Å². The standard InChI is InChI=1S/C10H17N3/c1-13(9-12-11)8-7-10-5-3-2-4-6-10/h2-6,12H,7-9,11H2,1H3. The molecular weight excluding hydrogens is 162 g/mol. The molecule has 0 saturated carbocycles. The molecule has 72 valence electrons. The van der Waals surface area contributed by atoms with Crippen LogP contribution in [0.25, 0.3) is 0 Å². The van der Waals surface area contributed by atoms with Crippen molar-refractivity contribution < 1.29 is 0 Å². The Labute approximate surface area is 79.5 Å². The van der Waals surface area contributed by atoms with Gasteiger partial charge in [-0.05, 0) is 19.0 Å². The summed E-state index contributed by atoms with van der Waals surface area (Å²) in [6, 6.07) is 10.5. The van der Waals surface area contributed by atoms with Gasteiger partial charge in [0.1, 0.15) is 0 Å². The van der Waals surface area contributed by atoms with Crippen LogP contribution < -0.4 is 11.3 Å². The van der Waals surface area contributed by atoms with Crippen molar-refractivity contribution in [3.63, 3.8) is 0 Å². The van der Waals surface area contributed by atoms with Gasteiger partial charge in [-0.1, -0.05) is 30.3 Å². The Morgan fingerprint density at radius 1 is 1.31 bits per heavy atom. The molecule has 0 bridgehead atoms. The highest BCUT2D eigenvalue weighted by atomic mass is 15.3. The molecule has 0 atom stereocenters. The Kier molecular flexibility index (Phi) is 4.46. The molecule has 3 heteroatoms. The van der Waals surface area contributed by atoms with Crippen molar-refractivity contribution >= 4 is 0 Å². The number of rotatable bonds is 5. The van der Waals surface area contributed by atoms with Gasteiger partial charge in [-0.2, -0.15) is 0 Å². The quantitative estimate of drug-likeness (QED) is 0.395. The van der Waals surface area contributed by atoms with Crippen molar-refractivity contribution in [1.82, 2.24) is 10.3 Å².